The second kappa shape index (κ2) is 8.42. The van der Waals surface area contributed by atoms with Crippen LogP contribution in [-0.4, -0.2) is 30.2 Å². The molecule has 0 saturated carbocycles. The quantitative estimate of drug-likeness (QED) is 0.467. The van der Waals surface area contributed by atoms with Gasteiger partial charge in [-0.3, -0.25) is 4.79 Å². The lowest BCUT2D eigenvalue weighted by Gasteiger charge is -2.16. The minimum absolute atomic E-state index is 0.0930. The van der Waals surface area contributed by atoms with Gasteiger partial charge in [-0.1, -0.05) is 11.6 Å². The Morgan fingerprint density at radius 2 is 2.00 bits per heavy atom. The fraction of sp³-hybridized carbons (Fsp3) is 0.100. The van der Waals surface area contributed by atoms with Gasteiger partial charge in [0.15, 0.2) is 6.61 Å². The van der Waals surface area contributed by atoms with Crippen molar-refractivity contribution in [1.29, 1.82) is 0 Å². The van der Waals surface area contributed by atoms with Gasteiger partial charge < -0.3 is 19.9 Å². The summed E-state index contributed by atoms with van der Waals surface area (Å²) in [6.45, 7) is -0.0994. The van der Waals surface area contributed by atoms with Crippen LogP contribution in [0.4, 0.5) is 5.69 Å². The van der Waals surface area contributed by atoms with E-state index in [1.807, 2.05) is 6.08 Å². The maximum Gasteiger partial charge on any atom is 0.331 e. The van der Waals surface area contributed by atoms with Gasteiger partial charge in [0.05, 0.1) is 0 Å². The maximum absolute atomic E-state index is 11.8. The Morgan fingerprint density at radius 1 is 1.22 bits per heavy atom. The van der Waals surface area contributed by atoms with Gasteiger partial charge in [-0.2, -0.15) is 0 Å². The van der Waals surface area contributed by atoms with E-state index in [1.165, 1.54) is 30.3 Å². The number of rotatable bonds is 5. The van der Waals surface area contributed by atoms with Crippen molar-refractivity contribution in [3.8, 4) is 11.5 Å². The number of hydrogen-bond acceptors (Lipinski definition) is 5. The smallest absolute Gasteiger partial charge is 0.331 e. The SMILES string of the molecule is O=C(COC(=O)C=CC1=Cc2cc(Cl)ccc2OC1)Nc1ccc(O)cc1. The van der Waals surface area contributed by atoms with Crippen LogP contribution in [0.1, 0.15) is 5.56 Å². The molecule has 0 atom stereocenters. The largest absolute Gasteiger partial charge is 0.508 e. The Hall–Kier alpha value is -3.25. The molecule has 0 unspecified atom stereocenters. The summed E-state index contributed by atoms with van der Waals surface area (Å²) in [5.41, 5.74) is 2.09. The number of fused-ring (bicyclic) bond motifs is 1. The van der Waals surface area contributed by atoms with E-state index in [2.05, 4.69) is 5.32 Å². The monoisotopic (exact) mass is 385 g/mol. The molecule has 0 aliphatic carbocycles. The van der Waals surface area contributed by atoms with Crippen LogP contribution < -0.4 is 10.1 Å². The molecule has 0 saturated heterocycles. The third-order valence-electron chi connectivity index (χ3n) is 3.64. The fourth-order valence-corrected chi connectivity index (χ4v) is 2.54. The van der Waals surface area contributed by atoms with E-state index in [9.17, 15) is 14.7 Å². The predicted octanol–water partition coefficient (Wildman–Crippen LogP) is 3.56. The first kappa shape index (κ1) is 18.5. The number of halogens is 1. The number of amides is 1. The molecule has 1 aliphatic heterocycles. The Kier molecular flexibility index (Phi) is 5.78. The van der Waals surface area contributed by atoms with E-state index in [0.29, 0.717) is 17.3 Å². The van der Waals surface area contributed by atoms with Gasteiger partial charge in [-0.25, -0.2) is 4.79 Å². The van der Waals surface area contributed by atoms with Gasteiger partial charge in [0.25, 0.3) is 5.91 Å². The lowest BCUT2D eigenvalue weighted by molar-refractivity contribution is -0.142. The van der Waals surface area contributed by atoms with Crippen molar-refractivity contribution in [2.75, 3.05) is 18.5 Å². The van der Waals surface area contributed by atoms with Crippen LogP contribution >= 0.6 is 11.6 Å². The highest BCUT2D eigenvalue weighted by Gasteiger charge is 2.11. The summed E-state index contributed by atoms with van der Waals surface area (Å²) in [6.07, 6.45) is 4.68. The number of phenolic OH excluding ortho intramolecular Hbond substituents is 1. The first-order chi connectivity index (χ1) is 13.0. The molecule has 2 aromatic rings. The van der Waals surface area contributed by atoms with Gasteiger partial charge in [0.1, 0.15) is 18.1 Å². The fourth-order valence-electron chi connectivity index (χ4n) is 2.36. The summed E-state index contributed by atoms with van der Waals surface area (Å²) >= 11 is 5.96. The number of hydrogen-bond donors (Lipinski definition) is 2. The molecule has 2 N–H and O–H groups in total. The molecule has 0 bridgehead atoms. The van der Waals surface area contributed by atoms with Crippen LogP contribution in [0.3, 0.4) is 0 Å². The van der Waals surface area contributed by atoms with Crippen LogP contribution in [0, 0.1) is 0 Å². The van der Waals surface area contributed by atoms with E-state index >= 15 is 0 Å². The molecule has 2 aromatic carbocycles. The Morgan fingerprint density at radius 3 is 2.78 bits per heavy atom. The maximum atomic E-state index is 11.8. The van der Waals surface area contributed by atoms with Crippen LogP contribution in [0.2, 0.25) is 5.02 Å². The number of ether oxygens (including phenoxy) is 2. The molecular formula is C20H16ClNO5. The van der Waals surface area contributed by atoms with E-state index in [0.717, 1.165) is 16.9 Å². The average Bonchev–Trinajstić information content (AvgIpc) is 2.66. The molecule has 138 valence electrons. The summed E-state index contributed by atoms with van der Waals surface area (Å²) in [5.74, 6) is -0.305. The van der Waals surface area contributed by atoms with Crippen LogP contribution in [-0.2, 0) is 14.3 Å². The molecule has 0 spiro atoms. The number of phenols is 1. The van der Waals surface area contributed by atoms with Gasteiger partial charge in [-0.05, 0) is 60.2 Å². The van der Waals surface area contributed by atoms with Crippen molar-refractivity contribution in [2.24, 2.45) is 0 Å². The highest BCUT2D eigenvalue weighted by atomic mass is 35.5. The van der Waals surface area contributed by atoms with Crippen molar-refractivity contribution in [2.45, 2.75) is 0 Å². The first-order valence-corrected chi connectivity index (χ1v) is 8.44. The van der Waals surface area contributed by atoms with Crippen molar-refractivity contribution < 1.29 is 24.2 Å². The number of benzene rings is 2. The zero-order valence-electron chi connectivity index (χ0n) is 14.1. The third kappa shape index (κ3) is 5.36. The Bertz CT molecular complexity index is 918. The number of nitrogens with one attached hydrogen (secondary N) is 1. The summed E-state index contributed by atoms with van der Waals surface area (Å²) in [7, 11) is 0. The molecule has 0 fully saturated rings. The van der Waals surface area contributed by atoms with Crippen molar-refractivity contribution in [1.82, 2.24) is 0 Å². The number of carbonyl (C=O) groups excluding carboxylic acids is 2. The number of esters is 1. The molecule has 27 heavy (non-hydrogen) atoms. The van der Waals surface area contributed by atoms with E-state index < -0.39 is 18.5 Å². The molecule has 0 radical (unpaired) electrons. The highest BCUT2D eigenvalue weighted by Crippen LogP contribution is 2.29. The molecule has 1 heterocycles. The minimum atomic E-state index is -0.645. The van der Waals surface area contributed by atoms with Gasteiger partial charge in [-0.15, -0.1) is 0 Å². The topological polar surface area (TPSA) is 84.9 Å². The molecule has 1 aliphatic rings. The lowest BCUT2D eigenvalue weighted by Crippen LogP contribution is -2.20. The third-order valence-corrected chi connectivity index (χ3v) is 3.87. The average molecular weight is 386 g/mol. The standard InChI is InChI=1S/C20H16ClNO5/c21-15-2-7-18-14(10-15)9-13(11-26-18)1-8-20(25)27-12-19(24)22-16-3-5-17(23)6-4-16/h1-10,23H,11-12H2,(H,22,24). The molecule has 0 aromatic heterocycles. The van der Waals surface area contributed by atoms with E-state index in [-0.39, 0.29) is 5.75 Å². The van der Waals surface area contributed by atoms with Gasteiger partial charge in [0.2, 0.25) is 0 Å². The minimum Gasteiger partial charge on any atom is -0.508 e. The molecule has 1 amide bonds. The zero-order chi connectivity index (χ0) is 19.2. The Balaban J connectivity index is 1.50. The second-order valence-electron chi connectivity index (χ2n) is 5.73. The van der Waals surface area contributed by atoms with E-state index in [4.69, 9.17) is 21.1 Å². The summed E-state index contributed by atoms with van der Waals surface area (Å²) in [6, 6.07) is 11.3. The van der Waals surface area contributed by atoms with Crippen LogP contribution in [0.5, 0.6) is 11.5 Å². The predicted molar refractivity (Wildman–Crippen MR) is 102 cm³/mol. The summed E-state index contributed by atoms with van der Waals surface area (Å²) in [4.78, 5) is 23.5. The lowest BCUT2D eigenvalue weighted by atomic mass is 10.1. The van der Waals surface area contributed by atoms with Crippen molar-refractivity contribution in [3.63, 3.8) is 0 Å². The molecule has 6 nitrogen and oxygen atoms in total. The Labute approximate surface area is 160 Å². The number of carbonyl (C=O) groups is 2. The molecular weight excluding hydrogens is 370 g/mol. The van der Waals surface area contributed by atoms with Gasteiger partial charge in [0, 0.05) is 22.3 Å². The van der Waals surface area contributed by atoms with Crippen LogP contribution in [0.25, 0.3) is 6.08 Å². The zero-order valence-corrected chi connectivity index (χ0v) is 14.9. The van der Waals surface area contributed by atoms with E-state index in [1.54, 1.807) is 24.3 Å². The van der Waals surface area contributed by atoms with Crippen molar-refractivity contribution in [3.05, 3.63) is 70.8 Å². The summed E-state index contributed by atoms with van der Waals surface area (Å²) in [5, 5.41) is 12.3. The van der Waals surface area contributed by atoms with Crippen LogP contribution in [0.15, 0.2) is 60.2 Å². The number of anilines is 1. The second-order valence-corrected chi connectivity index (χ2v) is 6.16. The van der Waals surface area contributed by atoms with Crippen molar-refractivity contribution >= 4 is 35.2 Å². The van der Waals surface area contributed by atoms with Gasteiger partial charge >= 0.3 is 5.97 Å². The molecule has 7 heteroatoms. The first-order valence-electron chi connectivity index (χ1n) is 8.06. The normalized spacial score (nSPS) is 12.7. The number of aromatic hydroxyl groups is 1. The highest BCUT2D eigenvalue weighted by molar-refractivity contribution is 6.30. The summed E-state index contributed by atoms with van der Waals surface area (Å²) < 4.78 is 10.5. The molecule has 3 rings (SSSR count).